The first kappa shape index (κ1) is 17.4. The highest BCUT2D eigenvalue weighted by Gasteiger charge is 2.16. The number of benzene rings is 1. The van der Waals surface area contributed by atoms with E-state index in [-0.39, 0.29) is 12.1 Å². The van der Waals surface area contributed by atoms with Crippen LogP contribution in [-0.4, -0.2) is 21.8 Å². The molecule has 3 N–H and O–H groups in total. The standard InChI is InChI=1S/C17H24N4OS/c1-4-10-23-15-9-7-6-8-14(15)21-17(22)20-13(5-2)16-18-11-12(3)19-16/h6-9,11,13H,4-5,10H2,1-3H3,(H,18,19)(H2,20,21,22)/t13-/m1/s1. The number of carbonyl (C=O) groups excluding carboxylic acids is 1. The molecule has 2 aromatic rings. The molecule has 0 aliphatic heterocycles. The molecule has 2 amide bonds. The van der Waals surface area contributed by atoms with Crippen LogP contribution in [-0.2, 0) is 0 Å². The molecule has 0 bridgehead atoms. The molecule has 1 atom stereocenters. The second-order valence-corrected chi connectivity index (χ2v) is 6.49. The van der Waals surface area contributed by atoms with Crippen molar-refractivity contribution in [2.24, 2.45) is 0 Å². The number of anilines is 1. The van der Waals surface area contributed by atoms with Crippen molar-refractivity contribution in [1.82, 2.24) is 15.3 Å². The molecule has 2 rings (SSSR count). The second kappa shape index (κ2) is 8.62. The first-order chi connectivity index (χ1) is 11.1. The highest BCUT2D eigenvalue weighted by atomic mass is 32.2. The summed E-state index contributed by atoms with van der Waals surface area (Å²) in [5.41, 5.74) is 1.83. The highest BCUT2D eigenvalue weighted by Crippen LogP contribution is 2.27. The van der Waals surface area contributed by atoms with Crippen LogP contribution in [0, 0.1) is 6.92 Å². The van der Waals surface area contributed by atoms with Crippen LogP contribution < -0.4 is 10.6 Å². The molecule has 0 saturated carbocycles. The van der Waals surface area contributed by atoms with Gasteiger partial charge in [-0.3, -0.25) is 0 Å². The number of aromatic amines is 1. The zero-order valence-electron chi connectivity index (χ0n) is 13.8. The Morgan fingerprint density at radius 2 is 2.13 bits per heavy atom. The van der Waals surface area contributed by atoms with Gasteiger partial charge in [0.15, 0.2) is 0 Å². The van der Waals surface area contributed by atoms with Gasteiger partial charge in [0.2, 0.25) is 0 Å². The van der Waals surface area contributed by atoms with Crippen molar-refractivity contribution in [3.05, 3.63) is 42.0 Å². The summed E-state index contributed by atoms with van der Waals surface area (Å²) >= 11 is 1.75. The first-order valence-corrected chi connectivity index (χ1v) is 8.93. The molecule has 5 nitrogen and oxygen atoms in total. The van der Waals surface area contributed by atoms with Gasteiger partial charge in [-0.25, -0.2) is 9.78 Å². The van der Waals surface area contributed by atoms with Crippen molar-refractivity contribution in [3.63, 3.8) is 0 Å². The van der Waals surface area contributed by atoms with Crippen LogP contribution in [0.3, 0.4) is 0 Å². The molecule has 0 aliphatic rings. The Balaban J connectivity index is 2.01. The van der Waals surface area contributed by atoms with Crippen LogP contribution >= 0.6 is 11.8 Å². The van der Waals surface area contributed by atoms with E-state index in [1.165, 1.54) is 0 Å². The Kier molecular flexibility index (Phi) is 6.52. The zero-order valence-corrected chi connectivity index (χ0v) is 14.7. The number of carbonyl (C=O) groups is 1. The first-order valence-electron chi connectivity index (χ1n) is 7.94. The normalized spacial score (nSPS) is 12.0. The second-order valence-electron chi connectivity index (χ2n) is 5.36. The number of H-pyrrole nitrogens is 1. The van der Waals surface area contributed by atoms with Crippen LogP contribution in [0.15, 0.2) is 35.4 Å². The van der Waals surface area contributed by atoms with Gasteiger partial charge in [0.1, 0.15) is 5.82 Å². The number of hydrogen-bond acceptors (Lipinski definition) is 3. The number of thioether (sulfide) groups is 1. The van der Waals surface area contributed by atoms with E-state index in [2.05, 4.69) is 27.5 Å². The van der Waals surface area contributed by atoms with Crippen molar-refractivity contribution in [1.29, 1.82) is 0 Å². The number of amides is 2. The number of aryl methyl sites for hydroxylation is 1. The van der Waals surface area contributed by atoms with Crippen LogP contribution in [0.5, 0.6) is 0 Å². The topological polar surface area (TPSA) is 69.8 Å². The summed E-state index contributed by atoms with van der Waals surface area (Å²) in [6.07, 6.45) is 3.64. The number of hydrogen-bond donors (Lipinski definition) is 3. The molecular weight excluding hydrogens is 308 g/mol. The van der Waals surface area contributed by atoms with Gasteiger partial charge >= 0.3 is 6.03 Å². The van der Waals surface area contributed by atoms with E-state index in [1.54, 1.807) is 18.0 Å². The highest BCUT2D eigenvalue weighted by molar-refractivity contribution is 7.99. The van der Waals surface area contributed by atoms with E-state index < -0.39 is 0 Å². The van der Waals surface area contributed by atoms with Gasteiger partial charge in [-0.1, -0.05) is 26.0 Å². The molecule has 0 aliphatic carbocycles. The van der Waals surface area contributed by atoms with Gasteiger partial charge in [0.05, 0.1) is 11.7 Å². The third-order valence-corrected chi connectivity index (χ3v) is 4.64. The Labute approximate surface area is 141 Å². The number of para-hydroxylation sites is 1. The van der Waals surface area contributed by atoms with Gasteiger partial charge in [-0.15, -0.1) is 11.8 Å². The lowest BCUT2D eigenvalue weighted by atomic mass is 10.2. The summed E-state index contributed by atoms with van der Waals surface area (Å²) in [6, 6.07) is 7.54. The lowest BCUT2D eigenvalue weighted by molar-refractivity contribution is 0.247. The quantitative estimate of drug-likeness (QED) is 0.654. The number of nitrogens with zero attached hydrogens (tertiary/aromatic N) is 1. The maximum atomic E-state index is 12.3. The summed E-state index contributed by atoms with van der Waals surface area (Å²) < 4.78 is 0. The van der Waals surface area contributed by atoms with Crippen LogP contribution in [0.4, 0.5) is 10.5 Å². The number of aromatic nitrogens is 2. The average Bonchev–Trinajstić information content (AvgIpc) is 2.98. The van der Waals surface area contributed by atoms with Gasteiger partial charge in [0, 0.05) is 16.8 Å². The Morgan fingerprint density at radius 3 is 2.78 bits per heavy atom. The Hall–Kier alpha value is -1.95. The minimum atomic E-state index is -0.213. The summed E-state index contributed by atoms with van der Waals surface area (Å²) in [5, 5.41) is 5.92. The smallest absolute Gasteiger partial charge is 0.319 e. The fourth-order valence-electron chi connectivity index (χ4n) is 2.20. The van der Waals surface area contributed by atoms with E-state index in [1.807, 2.05) is 38.1 Å². The molecular formula is C17H24N4OS. The summed E-state index contributed by atoms with van der Waals surface area (Å²) in [6.45, 7) is 6.12. The van der Waals surface area contributed by atoms with E-state index in [0.717, 1.165) is 40.7 Å². The molecule has 6 heteroatoms. The van der Waals surface area contributed by atoms with E-state index in [4.69, 9.17) is 0 Å². The molecule has 124 valence electrons. The molecule has 1 aromatic heterocycles. The minimum absolute atomic E-state index is 0.126. The number of imidazole rings is 1. The molecule has 0 unspecified atom stereocenters. The van der Waals surface area contributed by atoms with Gasteiger partial charge in [-0.2, -0.15) is 0 Å². The minimum Gasteiger partial charge on any atom is -0.344 e. The van der Waals surface area contributed by atoms with E-state index in [0.29, 0.717) is 0 Å². The third kappa shape index (κ3) is 5.03. The molecule has 0 radical (unpaired) electrons. The van der Waals surface area contributed by atoms with Gasteiger partial charge in [0.25, 0.3) is 0 Å². The lowest BCUT2D eigenvalue weighted by Gasteiger charge is -2.16. The summed E-state index contributed by atoms with van der Waals surface area (Å²) in [7, 11) is 0. The zero-order chi connectivity index (χ0) is 16.7. The molecule has 0 spiro atoms. The maximum absolute atomic E-state index is 12.3. The van der Waals surface area contributed by atoms with Crippen molar-refractivity contribution in [3.8, 4) is 0 Å². The SMILES string of the molecule is CCCSc1ccccc1NC(=O)N[C@H](CC)c1ncc(C)[nH]1. The average molecular weight is 332 g/mol. The molecule has 1 aromatic carbocycles. The summed E-state index contributed by atoms with van der Waals surface area (Å²) in [4.78, 5) is 20.9. The Morgan fingerprint density at radius 1 is 1.35 bits per heavy atom. The van der Waals surface area contributed by atoms with Crippen molar-refractivity contribution in [2.45, 2.75) is 44.6 Å². The number of rotatable bonds is 7. The molecule has 0 fully saturated rings. The predicted molar refractivity (Wildman–Crippen MR) is 96.0 cm³/mol. The van der Waals surface area contributed by atoms with Crippen LogP contribution in [0.1, 0.15) is 44.2 Å². The fraction of sp³-hybridized carbons (Fsp3) is 0.412. The maximum Gasteiger partial charge on any atom is 0.319 e. The van der Waals surface area contributed by atoms with Crippen molar-refractivity contribution >= 4 is 23.5 Å². The molecule has 0 saturated heterocycles. The number of nitrogens with one attached hydrogen (secondary N) is 3. The largest absolute Gasteiger partial charge is 0.344 e. The third-order valence-electron chi connectivity index (χ3n) is 3.36. The van der Waals surface area contributed by atoms with E-state index in [9.17, 15) is 4.79 Å². The van der Waals surface area contributed by atoms with Crippen LogP contribution in [0.25, 0.3) is 0 Å². The monoisotopic (exact) mass is 332 g/mol. The lowest BCUT2D eigenvalue weighted by Crippen LogP contribution is -2.33. The van der Waals surface area contributed by atoms with E-state index >= 15 is 0 Å². The predicted octanol–water partition coefficient (Wildman–Crippen LogP) is 4.49. The Bertz CT molecular complexity index is 641. The van der Waals surface area contributed by atoms with Gasteiger partial charge in [-0.05, 0) is 37.7 Å². The summed E-state index contributed by atoms with van der Waals surface area (Å²) in [5.74, 6) is 1.82. The fourth-order valence-corrected chi connectivity index (χ4v) is 3.07. The van der Waals surface area contributed by atoms with Crippen molar-refractivity contribution in [2.75, 3.05) is 11.1 Å². The van der Waals surface area contributed by atoms with Crippen molar-refractivity contribution < 1.29 is 4.79 Å². The van der Waals surface area contributed by atoms with Gasteiger partial charge < -0.3 is 15.6 Å². The van der Waals surface area contributed by atoms with Crippen LogP contribution in [0.2, 0.25) is 0 Å². The number of urea groups is 1. The molecule has 23 heavy (non-hydrogen) atoms. The molecule has 1 heterocycles.